The summed E-state index contributed by atoms with van der Waals surface area (Å²) in [6, 6.07) is 15.3. The molecule has 0 spiro atoms. The van der Waals surface area contributed by atoms with Crippen LogP contribution < -0.4 is 10.2 Å². The Morgan fingerprint density at radius 3 is 2.52 bits per heavy atom. The van der Waals surface area contributed by atoms with Crippen LogP contribution in [0.2, 0.25) is 0 Å². The van der Waals surface area contributed by atoms with E-state index in [9.17, 15) is 0 Å². The monoisotopic (exact) mass is 296 g/mol. The number of anilines is 2. The Morgan fingerprint density at radius 2 is 1.81 bits per heavy atom. The van der Waals surface area contributed by atoms with Crippen molar-refractivity contribution in [2.45, 2.75) is 33.2 Å². The van der Waals surface area contributed by atoms with Crippen LogP contribution in [-0.4, -0.2) is 11.2 Å². The highest BCUT2D eigenvalue weighted by molar-refractivity contribution is 7.80. The van der Waals surface area contributed by atoms with Crippen molar-refractivity contribution >= 4 is 28.7 Å². The van der Waals surface area contributed by atoms with E-state index in [1.807, 2.05) is 0 Å². The molecule has 0 radical (unpaired) electrons. The molecule has 1 aliphatic heterocycles. The molecule has 1 heterocycles. The zero-order chi connectivity index (χ0) is 15.0. The second kappa shape index (κ2) is 5.49. The van der Waals surface area contributed by atoms with Crippen LogP contribution in [-0.2, 0) is 6.42 Å². The molecule has 3 heteroatoms. The van der Waals surface area contributed by atoms with E-state index in [1.165, 1.54) is 22.4 Å². The molecular weight excluding hydrogens is 276 g/mol. The molecule has 2 nitrogen and oxygen atoms in total. The van der Waals surface area contributed by atoms with E-state index in [0.717, 1.165) is 17.2 Å². The van der Waals surface area contributed by atoms with Crippen molar-refractivity contribution in [3.05, 3.63) is 59.2 Å². The first kappa shape index (κ1) is 14.1. The molecule has 21 heavy (non-hydrogen) atoms. The second-order valence-corrected chi connectivity index (χ2v) is 6.25. The molecule has 108 valence electrons. The largest absolute Gasteiger partial charge is 0.332 e. The Bertz CT molecular complexity index is 673. The van der Waals surface area contributed by atoms with Crippen LogP contribution in [0.25, 0.3) is 0 Å². The number of rotatable bonds is 1. The van der Waals surface area contributed by atoms with Crippen molar-refractivity contribution in [3.8, 4) is 0 Å². The fraction of sp³-hybridized carbons (Fsp3) is 0.278. The minimum Gasteiger partial charge on any atom is -0.332 e. The van der Waals surface area contributed by atoms with E-state index in [-0.39, 0.29) is 0 Å². The van der Waals surface area contributed by atoms with Crippen molar-refractivity contribution < 1.29 is 0 Å². The predicted molar refractivity (Wildman–Crippen MR) is 94.2 cm³/mol. The summed E-state index contributed by atoms with van der Waals surface area (Å²) in [5.41, 5.74) is 6.15. The van der Waals surface area contributed by atoms with Crippen LogP contribution >= 0.6 is 12.2 Å². The van der Waals surface area contributed by atoms with Gasteiger partial charge in [-0.3, -0.25) is 0 Å². The van der Waals surface area contributed by atoms with Crippen LogP contribution in [0.5, 0.6) is 0 Å². The number of para-hydroxylation sites is 1. The third-order valence-electron chi connectivity index (χ3n) is 3.90. The zero-order valence-electron chi connectivity index (χ0n) is 12.7. The number of hydrogen-bond donors (Lipinski definition) is 1. The second-order valence-electron chi connectivity index (χ2n) is 5.86. The maximum Gasteiger partial charge on any atom is 0.178 e. The van der Waals surface area contributed by atoms with Gasteiger partial charge in [-0.15, -0.1) is 0 Å². The lowest BCUT2D eigenvalue weighted by atomic mass is 10.1. The minimum atomic E-state index is 0.397. The van der Waals surface area contributed by atoms with Crippen LogP contribution in [0.4, 0.5) is 11.4 Å². The Balaban J connectivity index is 1.86. The predicted octanol–water partition coefficient (Wildman–Crippen LogP) is 4.45. The first-order valence-corrected chi connectivity index (χ1v) is 7.72. The fourth-order valence-corrected chi connectivity index (χ4v) is 3.50. The van der Waals surface area contributed by atoms with Gasteiger partial charge in [-0.1, -0.05) is 24.3 Å². The number of nitrogens with one attached hydrogen (secondary N) is 1. The van der Waals surface area contributed by atoms with Crippen molar-refractivity contribution in [3.63, 3.8) is 0 Å². The number of thiocarbonyl (C=S) groups is 1. The van der Waals surface area contributed by atoms with Crippen molar-refractivity contribution in [1.29, 1.82) is 0 Å². The maximum atomic E-state index is 5.65. The van der Waals surface area contributed by atoms with Crippen LogP contribution in [0.1, 0.15) is 23.6 Å². The molecule has 0 aliphatic carbocycles. The third kappa shape index (κ3) is 2.79. The molecule has 0 bridgehead atoms. The molecule has 3 rings (SSSR count). The molecular formula is C18H20N2S. The summed E-state index contributed by atoms with van der Waals surface area (Å²) < 4.78 is 0. The highest BCUT2D eigenvalue weighted by atomic mass is 32.1. The normalized spacial score (nSPS) is 16.7. The SMILES string of the molecule is Cc1cc(C)cc(NC(=S)N2c3ccccc3C[C@@H]2C)c1. The van der Waals surface area contributed by atoms with E-state index in [1.54, 1.807) is 0 Å². The molecule has 1 N–H and O–H groups in total. The lowest BCUT2D eigenvalue weighted by molar-refractivity contribution is 0.776. The molecule has 2 aromatic rings. The van der Waals surface area contributed by atoms with Gasteiger partial charge in [0, 0.05) is 17.4 Å². The van der Waals surface area contributed by atoms with Crippen LogP contribution in [0.3, 0.4) is 0 Å². The van der Waals surface area contributed by atoms with Gasteiger partial charge < -0.3 is 10.2 Å². The van der Waals surface area contributed by atoms with Crippen molar-refractivity contribution in [2.24, 2.45) is 0 Å². The average Bonchev–Trinajstić information content (AvgIpc) is 2.73. The third-order valence-corrected chi connectivity index (χ3v) is 4.20. The minimum absolute atomic E-state index is 0.397. The van der Waals surface area contributed by atoms with E-state index in [0.29, 0.717) is 6.04 Å². The Labute approximate surface area is 131 Å². The molecule has 0 amide bonds. The maximum absolute atomic E-state index is 5.65. The molecule has 0 fully saturated rings. The summed E-state index contributed by atoms with van der Waals surface area (Å²) in [7, 11) is 0. The summed E-state index contributed by atoms with van der Waals surface area (Å²) in [5, 5.41) is 4.17. The van der Waals surface area contributed by atoms with Gasteiger partial charge in [0.15, 0.2) is 5.11 Å². The van der Waals surface area contributed by atoms with Gasteiger partial charge in [-0.2, -0.15) is 0 Å². The van der Waals surface area contributed by atoms with Crippen LogP contribution in [0, 0.1) is 13.8 Å². The van der Waals surface area contributed by atoms with E-state index >= 15 is 0 Å². The topological polar surface area (TPSA) is 15.3 Å². The highest BCUT2D eigenvalue weighted by Crippen LogP contribution is 2.32. The first-order valence-electron chi connectivity index (χ1n) is 7.31. The van der Waals surface area contributed by atoms with Crippen molar-refractivity contribution in [2.75, 3.05) is 10.2 Å². The van der Waals surface area contributed by atoms with Gasteiger partial charge in [-0.25, -0.2) is 0 Å². The standard InChI is InChI=1S/C18H20N2S/c1-12-8-13(2)10-16(9-12)19-18(21)20-14(3)11-15-6-4-5-7-17(15)20/h4-10,14H,11H2,1-3H3,(H,19,21)/t14-/m0/s1. The van der Waals surface area contributed by atoms with Gasteiger partial charge in [0.25, 0.3) is 0 Å². The number of benzene rings is 2. The molecule has 0 saturated heterocycles. The summed E-state index contributed by atoms with van der Waals surface area (Å²) in [6.07, 6.45) is 1.05. The van der Waals surface area contributed by atoms with Crippen LogP contribution in [0.15, 0.2) is 42.5 Å². The number of aryl methyl sites for hydroxylation is 2. The molecule has 0 unspecified atom stereocenters. The molecule has 0 aromatic heterocycles. The average molecular weight is 296 g/mol. The van der Waals surface area contributed by atoms with E-state index in [4.69, 9.17) is 12.2 Å². The van der Waals surface area contributed by atoms with Gasteiger partial charge in [0.05, 0.1) is 0 Å². The first-order chi connectivity index (χ1) is 10.0. The molecule has 1 atom stereocenters. The Kier molecular flexibility index (Phi) is 3.68. The van der Waals surface area contributed by atoms with Gasteiger partial charge >= 0.3 is 0 Å². The fourth-order valence-electron chi connectivity index (χ4n) is 3.11. The van der Waals surface area contributed by atoms with Gasteiger partial charge in [-0.05, 0) is 74.3 Å². The Hall–Kier alpha value is -1.87. The lowest BCUT2D eigenvalue weighted by Gasteiger charge is -2.26. The molecule has 2 aromatic carbocycles. The molecule has 1 aliphatic rings. The smallest absolute Gasteiger partial charge is 0.178 e. The Morgan fingerprint density at radius 1 is 1.14 bits per heavy atom. The van der Waals surface area contributed by atoms with E-state index < -0.39 is 0 Å². The number of hydrogen-bond acceptors (Lipinski definition) is 1. The summed E-state index contributed by atoms with van der Waals surface area (Å²) >= 11 is 5.65. The lowest BCUT2D eigenvalue weighted by Crippen LogP contribution is -2.38. The number of nitrogens with zero attached hydrogens (tertiary/aromatic N) is 1. The number of fused-ring (bicyclic) bond motifs is 1. The highest BCUT2D eigenvalue weighted by Gasteiger charge is 2.28. The zero-order valence-corrected chi connectivity index (χ0v) is 13.5. The van der Waals surface area contributed by atoms with Gasteiger partial charge in [0.1, 0.15) is 0 Å². The molecule has 0 saturated carbocycles. The quantitative estimate of drug-likeness (QED) is 0.783. The summed E-state index contributed by atoms with van der Waals surface area (Å²) in [5.74, 6) is 0. The van der Waals surface area contributed by atoms with E-state index in [2.05, 4.69) is 73.5 Å². The van der Waals surface area contributed by atoms with Gasteiger partial charge in [0.2, 0.25) is 0 Å². The summed E-state index contributed by atoms with van der Waals surface area (Å²) in [4.78, 5) is 2.22. The van der Waals surface area contributed by atoms with Crippen molar-refractivity contribution in [1.82, 2.24) is 0 Å². The summed E-state index contributed by atoms with van der Waals surface area (Å²) in [6.45, 7) is 6.43.